The van der Waals surface area contributed by atoms with Gasteiger partial charge in [0.05, 0.1) is 6.20 Å². The number of hydrogen-bond donors (Lipinski definition) is 1. The van der Waals surface area contributed by atoms with E-state index in [2.05, 4.69) is 53.1 Å². The van der Waals surface area contributed by atoms with Crippen LogP contribution in [0.4, 0.5) is 4.39 Å². The fraction of sp³-hybridized carbons (Fsp3) is 0.438. The topological polar surface area (TPSA) is 29.9 Å². The predicted molar refractivity (Wildman–Crippen MR) is 91.8 cm³/mol. The molecule has 5 heteroatoms. The van der Waals surface area contributed by atoms with E-state index in [0.717, 1.165) is 35.1 Å². The Morgan fingerprint density at radius 1 is 1.38 bits per heavy atom. The van der Waals surface area contributed by atoms with Gasteiger partial charge in [0.25, 0.3) is 0 Å². The summed E-state index contributed by atoms with van der Waals surface area (Å²) in [5, 5.41) is 7.88. The molecule has 0 saturated heterocycles. The lowest BCUT2D eigenvalue weighted by molar-refractivity contribution is 0.525. The Morgan fingerprint density at radius 2 is 2.19 bits per heavy atom. The van der Waals surface area contributed by atoms with Gasteiger partial charge in [0.2, 0.25) is 0 Å². The molecule has 1 atom stereocenters. The van der Waals surface area contributed by atoms with E-state index in [1.165, 1.54) is 11.6 Å². The first-order chi connectivity index (χ1) is 10.1. The number of benzene rings is 1. The Balaban J connectivity index is 2.20. The molecule has 2 aromatic rings. The van der Waals surface area contributed by atoms with Crippen LogP contribution in [-0.2, 0) is 13.0 Å². The largest absolute Gasteiger partial charge is 0.310 e. The van der Waals surface area contributed by atoms with E-state index in [-0.39, 0.29) is 11.9 Å². The molecule has 21 heavy (non-hydrogen) atoms. The van der Waals surface area contributed by atoms with Gasteiger partial charge >= 0.3 is 0 Å². The number of aryl methyl sites for hydroxylation is 1. The molecule has 3 nitrogen and oxygen atoms in total. The van der Waals surface area contributed by atoms with Gasteiger partial charge in [-0.05, 0) is 72.2 Å². The molecule has 0 fully saturated rings. The van der Waals surface area contributed by atoms with Gasteiger partial charge in [-0.2, -0.15) is 5.10 Å². The van der Waals surface area contributed by atoms with Crippen LogP contribution in [0.2, 0.25) is 0 Å². The monoisotopic (exact) mass is 401 g/mol. The molecule has 1 aromatic heterocycles. The molecule has 0 amide bonds. The third-order valence-corrected chi connectivity index (χ3v) is 4.36. The molecule has 1 N–H and O–H groups in total. The predicted octanol–water partition coefficient (Wildman–Crippen LogP) is 3.93. The molecule has 0 saturated carbocycles. The van der Waals surface area contributed by atoms with Crippen molar-refractivity contribution >= 4 is 22.6 Å². The number of aromatic nitrogens is 2. The van der Waals surface area contributed by atoms with Crippen LogP contribution in [0.25, 0.3) is 0 Å². The van der Waals surface area contributed by atoms with Crippen molar-refractivity contribution < 1.29 is 4.39 Å². The van der Waals surface area contributed by atoms with E-state index in [1.54, 1.807) is 6.07 Å². The van der Waals surface area contributed by atoms with Crippen molar-refractivity contribution in [3.63, 3.8) is 0 Å². The molecule has 1 unspecified atom stereocenters. The van der Waals surface area contributed by atoms with Gasteiger partial charge < -0.3 is 5.32 Å². The van der Waals surface area contributed by atoms with Crippen molar-refractivity contribution in [3.05, 3.63) is 51.1 Å². The highest BCUT2D eigenvalue weighted by molar-refractivity contribution is 14.1. The zero-order chi connectivity index (χ0) is 15.2. The van der Waals surface area contributed by atoms with Crippen molar-refractivity contribution in [3.8, 4) is 0 Å². The van der Waals surface area contributed by atoms with Crippen LogP contribution in [-0.4, -0.2) is 16.3 Å². The second-order valence-corrected chi connectivity index (χ2v) is 6.24. The van der Waals surface area contributed by atoms with Crippen molar-refractivity contribution in [2.75, 3.05) is 6.54 Å². The smallest absolute Gasteiger partial charge is 0.124 e. The number of rotatable bonds is 7. The first-order valence-electron chi connectivity index (χ1n) is 7.33. The van der Waals surface area contributed by atoms with Crippen LogP contribution < -0.4 is 5.32 Å². The molecule has 1 aromatic carbocycles. The second kappa shape index (κ2) is 7.89. The van der Waals surface area contributed by atoms with Gasteiger partial charge in [-0.25, -0.2) is 4.39 Å². The third-order valence-electron chi connectivity index (χ3n) is 3.43. The van der Waals surface area contributed by atoms with Gasteiger partial charge in [0, 0.05) is 22.4 Å². The Hall–Kier alpha value is -0.950. The van der Waals surface area contributed by atoms with E-state index in [4.69, 9.17) is 0 Å². The van der Waals surface area contributed by atoms with E-state index in [0.29, 0.717) is 0 Å². The summed E-state index contributed by atoms with van der Waals surface area (Å²) in [6, 6.07) is 5.20. The first-order valence-corrected chi connectivity index (χ1v) is 8.41. The van der Waals surface area contributed by atoms with Gasteiger partial charge in [-0.1, -0.05) is 13.0 Å². The molecule has 0 spiro atoms. The normalized spacial score (nSPS) is 12.6. The second-order valence-electron chi connectivity index (χ2n) is 5.08. The summed E-state index contributed by atoms with van der Waals surface area (Å²) in [7, 11) is 0. The van der Waals surface area contributed by atoms with E-state index in [1.807, 2.05) is 16.9 Å². The van der Waals surface area contributed by atoms with E-state index < -0.39 is 0 Å². The maximum atomic E-state index is 13.3. The number of nitrogens with zero attached hydrogens (tertiary/aromatic N) is 2. The van der Waals surface area contributed by atoms with Crippen molar-refractivity contribution in [2.45, 2.75) is 39.3 Å². The number of nitrogens with one attached hydrogen (secondary N) is 1. The molecule has 0 aliphatic rings. The highest BCUT2D eigenvalue weighted by atomic mass is 127. The standard InChI is InChI=1S/C16H21FIN3/c1-3-7-19-16(8-12-10-20-21(4-2)11-12)14-6-5-13(17)9-15(14)18/h5-6,9-11,16,19H,3-4,7-8H2,1-2H3. The molecule has 0 aliphatic carbocycles. The minimum atomic E-state index is -0.184. The van der Waals surface area contributed by atoms with Crippen LogP contribution in [0.15, 0.2) is 30.6 Å². The van der Waals surface area contributed by atoms with Crippen molar-refractivity contribution in [1.82, 2.24) is 15.1 Å². The number of hydrogen-bond acceptors (Lipinski definition) is 2. The lowest BCUT2D eigenvalue weighted by Gasteiger charge is -2.20. The lowest BCUT2D eigenvalue weighted by atomic mass is 10.0. The summed E-state index contributed by atoms with van der Waals surface area (Å²) >= 11 is 2.21. The van der Waals surface area contributed by atoms with Gasteiger partial charge in [0.15, 0.2) is 0 Å². The minimum absolute atomic E-state index is 0.184. The van der Waals surface area contributed by atoms with Gasteiger partial charge in [0.1, 0.15) is 5.82 Å². The average molecular weight is 401 g/mol. The fourth-order valence-corrected chi connectivity index (χ4v) is 3.17. The molecule has 1 heterocycles. The first kappa shape index (κ1) is 16.4. The quantitative estimate of drug-likeness (QED) is 0.713. The van der Waals surface area contributed by atoms with Gasteiger partial charge in [-0.15, -0.1) is 0 Å². The van der Waals surface area contributed by atoms with Gasteiger partial charge in [-0.3, -0.25) is 4.68 Å². The summed E-state index contributed by atoms with van der Waals surface area (Å²) in [6.45, 7) is 6.04. The molecular formula is C16H21FIN3. The zero-order valence-electron chi connectivity index (χ0n) is 12.4. The SMILES string of the molecule is CCCNC(Cc1cnn(CC)c1)c1ccc(F)cc1I. The summed E-state index contributed by atoms with van der Waals surface area (Å²) in [4.78, 5) is 0. The molecule has 114 valence electrons. The van der Waals surface area contributed by atoms with Crippen LogP contribution in [0.5, 0.6) is 0 Å². The Bertz CT molecular complexity index is 583. The molecular weight excluding hydrogens is 380 g/mol. The van der Waals surface area contributed by atoms with Crippen LogP contribution >= 0.6 is 22.6 Å². The van der Waals surface area contributed by atoms with E-state index in [9.17, 15) is 4.39 Å². The van der Waals surface area contributed by atoms with Crippen molar-refractivity contribution in [1.29, 1.82) is 0 Å². The molecule has 0 bridgehead atoms. The fourth-order valence-electron chi connectivity index (χ4n) is 2.32. The summed E-state index contributed by atoms with van der Waals surface area (Å²) < 4.78 is 16.2. The lowest BCUT2D eigenvalue weighted by Crippen LogP contribution is -2.24. The van der Waals surface area contributed by atoms with Crippen LogP contribution in [0, 0.1) is 9.39 Å². The van der Waals surface area contributed by atoms with Crippen molar-refractivity contribution in [2.24, 2.45) is 0 Å². The Labute approximate surface area is 139 Å². The highest BCUT2D eigenvalue weighted by Gasteiger charge is 2.16. The van der Waals surface area contributed by atoms with Crippen LogP contribution in [0.1, 0.15) is 37.4 Å². The third kappa shape index (κ3) is 4.51. The van der Waals surface area contributed by atoms with E-state index >= 15 is 0 Å². The maximum absolute atomic E-state index is 13.3. The molecule has 0 aliphatic heterocycles. The average Bonchev–Trinajstić information content (AvgIpc) is 2.91. The highest BCUT2D eigenvalue weighted by Crippen LogP contribution is 2.24. The van der Waals surface area contributed by atoms with Crippen LogP contribution in [0.3, 0.4) is 0 Å². The molecule has 0 radical (unpaired) electrons. The summed E-state index contributed by atoms with van der Waals surface area (Å²) in [6.07, 6.45) is 5.93. The molecule has 2 rings (SSSR count). The Morgan fingerprint density at radius 3 is 2.81 bits per heavy atom. The Kier molecular flexibility index (Phi) is 6.17. The maximum Gasteiger partial charge on any atom is 0.124 e. The zero-order valence-corrected chi connectivity index (χ0v) is 14.6. The minimum Gasteiger partial charge on any atom is -0.310 e. The summed E-state index contributed by atoms with van der Waals surface area (Å²) in [5.74, 6) is -0.184. The number of halogens is 2. The summed E-state index contributed by atoms with van der Waals surface area (Å²) in [5.41, 5.74) is 2.35.